The smallest absolute Gasteiger partial charge is 0.194 e. The molecular formula is C16H23FIN3O. The van der Waals surface area contributed by atoms with Crippen LogP contribution >= 0.6 is 24.0 Å². The Morgan fingerprint density at radius 1 is 1.45 bits per heavy atom. The fraction of sp³-hybridized carbons (Fsp3) is 0.562. The Balaban J connectivity index is 0.00000176. The Morgan fingerprint density at radius 3 is 2.86 bits per heavy atom. The van der Waals surface area contributed by atoms with E-state index in [4.69, 9.17) is 0 Å². The first-order chi connectivity index (χ1) is 10.2. The van der Waals surface area contributed by atoms with Crippen molar-refractivity contribution in [2.75, 3.05) is 19.6 Å². The van der Waals surface area contributed by atoms with Crippen molar-refractivity contribution in [1.82, 2.24) is 10.2 Å². The van der Waals surface area contributed by atoms with Gasteiger partial charge in [-0.1, -0.05) is 18.2 Å². The molecule has 1 heterocycles. The Morgan fingerprint density at radius 2 is 2.23 bits per heavy atom. The van der Waals surface area contributed by atoms with Crippen molar-refractivity contribution in [1.29, 1.82) is 0 Å². The van der Waals surface area contributed by atoms with Gasteiger partial charge in [0.25, 0.3) is 0 Å². The summed E-state index contributed by atoms with van der Waals surface area (Å²) >= 11 is 0. The summed E-state index contributed by atoms with van der Waals surface area (Å²) < 4.78 is 13.8. The van der Waals surface area contributed by atoms with Gasteiger partial charge in [0.15, 0.2) is 5.96 Å². The average molecular weight is 419 g/mol. The number of benzene rings is 1. The molecule has 1 aromatic rings. The quantitative estimate of drug-likeness (QED) is 0.449. The second-order valence-electron chi connectivity index (χ2n) is 5.80. The molecule has 122 valence electrons. The zero-order valence-electron chi connectivity index (χ0n) is 12.7. The van der Waals surface area contributed by atoms with Crippen LogP contribution in [-0.4, -0.2) is 47.7 Å². The number of nitrogens with zero attached hydrogens (tertiary/aromatic N) is 2. The molecule has 2 aliphatic rings. The first-order valence-corrected chi connectivity index (χ1v) is 7.67. The molecule has 0 aromatic heterocycles. The van der Waals surface area contributed by atoms with Crippen LogP contribution in [0.5, 0.6) is 0 Å². The van der Waals surface area contributed by atoms with Crippen molar-refractivity contribution in [3.8, 4) is 0 Å². The number of hydrogen-bond acceptors (Lipinski definition) is 2. The zero-order chi connectivity index (χ0) is 14.8. The van der Waals surface area contributed by atoms with Crippen molar-refractivity contribution < 1.29 is 9.50 Å². The number of aliphatic imine (C=N–C) groups is 1. The summed E-state index contributed by atoms with van der Waals surface area (Å²) in [5, 5.41) is 13.1. The summed E-state index contributed by atoms with van der Waals surface area (Å²) in [4.78, 5) is 6.59. The van der Waals surface area contributed by atoms with E-state index in [1.165, 1.54) is 6.07 Å². The average Bonchev–Trinajstić information content (AvgIpc) is 3.09. The molecule has 0 spiro atoms. The summed E-state index contributed by atoms with van der Waals surface area (Å²) in [6.45, 7) is 4.15. The Hall–Kier alpha value is -0.890. The van der Waals surface area contributed by atoms with Crippen LogP contribution in [0.2, 0.25) is 0 Å². The number of likely N-dealkylation sites (tertiary alicyclic amines) is 1. The van der Waals surface area contributed by atoms with Gasteiger partial charge in [-0.25, -0.2) is 4.39 Å². The molecule has 2 fully saturated rings. The SMILES string of the molecule is CCN=C(NC1CC1c1ccccc1F)N1CC[C@@H](O)C1.I. The molecule has 1 saturated heterocycles. The summed E-state index contributed by atoms with van der Waals surface area (Å²) in [5.41, 5.74) is 0.785. The lowest BCUT2D eigenvalue weighted by Gasteiger charge is -2.21. The molecule has 3 atom stereocenters. The fourth-order valence-electron chi connectivity index (χ4n) is 2.96. The molecular weight excluding hydrogens is 396 g/mol. The summed E-state index contributed by atoms with van der Waals surface area (Å²) in [5.74, 6) is 0.941. The number of β-amino-alcohol motifs (C(OH)–C–C–N with tert-alkyl or cyclic N) is 1. The van der Waals surface area contributed by atoms with E-state index in [0.29, 0.717) is 13.1 Å². The van der Waals surface area contributed by atoms with Crippen molar-refractivity contribution >= 4 is 29.9 Å². The van der Waals surface area contributed by atoms with E-state index in [-0.39, 0.29) is 47.9 Å². The van der Waals surface area contributed by atoms with Crippen molar-refractivity contribution in [3.63, 3.8) is 0 Å². The standard InChI is InChI=1S/C16H22FN3O.HI/c1-2-18-16(20-8-7-11(21)10-20)19-15-9-13(15)12-5-3-4-6-14(12)17;/h3-6,11,13,15,21H,2,7-10H2,1H3,(H,18,19);1H/t11-,13?,15?;/m1./s1. The molecule has 3 rings (SSSR count). The van der Waals surface area contributed by atoms with E-state index < -0.39 is 0 Å². The minimum Gasteiger partial charge on any atom is -0.391 e. The number of halogens is 2. The first kappa shape index (κ1) is 17.5. The molecule has 2 unspecified atom stereocenters. The van der Waals surface area contributed by atoms with Crippen LogP contribution in [0.3, 0.4) is 0 Å². The molecule has 1 aliphatic carbocycles. The van der Waals surface area contributed by atoms with E-state index >= 15 is 0 Å². The van der Waals surface area contributed by atoms with E-state index in [9.17, 15) is 9.50 Å². The Kier molecular flexibility index (Phi) is 6.02. The van der Waals surface area contributed by atoms with Crippen LogP contribution in [-0.2, 0) is 0 Å². The van der Waals surface area contributed by atoms with Crippen LogP contribution in [0.25, 0.3) is 0 Å². The van der Waals surface area contributed by atoms with Crippen molar-refractivity contribution in [3.05, 3.63) is 35.6 Å². The van der Waals surface area contributed by atoms with E-state index in [1.807, 2.05) is 19.1 Å². The molecule has 1 aromatic carbocycles. The van der Waals surface area contributed by atoms with Gasteiger partial charge in [-0.05, 0) is 31.4 Å². The maximum atomic E-state index is 13.8. The minimum absolute atomic E-state index is 0. The fourth-order valence-corrected chi connectivity index (χ4v) is 2.96. The lowest BCUT2D eigenvalue weighted by molar-refractivity contribution is 0.187. The van der Waals surface area contributed by atoms with Gasteiger partial charge >= 0.3 is 0 Å². The van der Waals surface area contributed by atoms with E-state index in [1.54, 1.807) is 6.07 Å². The van der Waals surface area contributed by atoms with Crippen LogP contribution in [0, 0.1) is 5.82 Å². The number of aliphatic hydroxyl groups is 1. The molecule has 1 aliphatic heterocycles. The highest BCUT2D eigenvalue weighted by Crippen LogP contribution is 2.41. The largest absolute Gasteiger partial charge is 0.391 e. The molecule has 0 radical (unpaired) electrons. The molecule has 6 heteroatoms. The van der Waals surface area contributed by atoms with Crippen molar-refractivity contribution in [2.45, 2.75) is 37.8 Å². The van der Waals surface area contributed by atoms with Crippen LogP contribution in [0.4, 0.5) is 4.39 Å². The summed E-state index contributed by atoms with van der Waals surface area (Å²) in [6, 6.07) is 7.22. The molecule has 0 amide bonds. The topological polar surface area (TPSA) is 47.9 Å². The zero-order valence-corrected chi connectivity index (χ0v) is 15.0. The number of guanidine groups is 1. The minimum atomic E-state index is -0.268. The lowest BCUT2D eigenvalue weighted by atomic mass is 10.1. The van der Waals surface area contributed by atoms with Crippen molar-refractivity contribution in [2.24, 2.45) is 4.99 Å². The summed E-state index contributed by atoms with van der Waals surface area (Å²) in [6.07, 6.45) is 1.45. The molecule has 1 saturated carbocycles. The van der Waals surface area contributed by atoms with Gasteiger partial charge in [0.05, 0.1) is 6.10 Å². The number of aliphatic hydroxyl groups excluding tert-OH is 1. The van der Waals surface area contributed by atoms with Gasteiger partial charge < -0.3 is 15.3 Å². The Labute approximate surface area is 147 Å². The van der Waals surface area contributed by atoms with Crippen LogP contribution in [0.15, 0.2) is 29.3 Å². The van der Waals surface area contributed by atoms with Gasteiger partial charge in [-0.3, -0.25) is 4.99 Å². The number of nitrogens with one attached hydrogen (secondary N) is 1. The third-order valence-electron chi connectivity index (χ3n) is 4.18. The third kappa shape index (κ3) is 3.90. The molecule has 2 N–H and O–H groups in total. The van der Waals surface area contributed by atoms with Crippen LogP contribution in [0.1, 0.15) is 31.2 Å². The summed E-state index contributed by atoms with van der Waals surface area (Å²) in [7, 11) is 0. The van der Waals surface area contributed by atoms with E-state index in [0.717, 1.165) is 30.9 Å². The predicted molar refractivity (Wildman–Crippen MR) is 96.3 cm³/mol. The van der Waals surface area contributed by atoms with Gasteiger partial charge in [0.2, 0.25) is 0 Å². The molecule has 22 heavy (non-hydrogen) atoms. The maximum absolute atomic E-state index is 13.8. The molecule has 4 nitrogen and oxygen atoms in total. The monoisotopic (exact) mass is 419 g/mol. The number of rotatable bonds is 3. The predicted octanol–water partition coefficient (Wildman–Crippen LogP) is 2.33. The van der Waals surface area contributed by atoms with Gasteiger partial charge in [-0.15, -0.1) is 24.0 Å². The lowest BCUT2D eigenvalue weighted by Crippen LogP contribution is -2.42. The second kappa shape index (κ2) is 7.59. The third-order valence-corrected chi connectivity index (χ3v) is 4.18. The van der Waals surface area contributed by atoms with E-state index in [2.05, 4.69) is 15.2 Å². The normalized spacial score (nSPS) is 27.5. The molecule has 0 bridgehead atoms. The maximum Gasteiger partial charge on any atom is 0.194 e. The van der Waals surface area contributed by atoms with Crippen LogP contribution < -0.4 is 5.32 Å². The van der Waals surface area contributed by atoms with Gasteiger partial charge in [-0.2, -0.15) is 0 Å². The highest BCUT2D eigenvalue weighted by Gasteiger charge is 2.41. The Bertz CT molecular complexity index is 540. The number of hydrogen-bond donors (Lipinski definition) is 2. The second-order valence-corrected chi connectivity index (χ2v) is 5.80. The van der Waals surface area contributed by atoms with Gasteiger partial charge in [0, 0.05) is 31.6 Å². The highest BCUT2D eigenvalue weighted by atomic mass is 127. The van der Waals surface area contributed by atoms with Gasteiger partial charge in [0.1, 0.15) is 5.82 Å². The highest BCUT2D eigenvalue weighted by molar-refractivity contribution is 14.0. The first-order valence-electron chi connectivity index (χ1n) is 7.67.